The average molecular weight is 202 g/mol. The van der Waals surface area contributed by atoms with Crippen LogP contribution in [0.25, 0.3) is 0 Å². The molecular weight excluding hydrogens is 184 g/mol. The normalized spacial score (nSPS) is 32.3. The van der Waals surface area contributed by atoms with Crippen LogP contribution in [0.5, 0.6) is 0 Å². The first-order valence-electron chi connectivity index (χ1n) is 4.62. The highest BCUT2D eigenvalue weighted by atomic mass is 16.6. The van der Waals surface area contributed by atoms with Crippen LogP contribution in [0, 0.1) is 0 Å². The molecule has 0 saturated heterocycles. The SMILES string of the molecule is COC[C@H]1OC(C)=C[C@@H](OC)[C@@H]1OC. The predicted octanol–water partition coefficient (Wildman–Crippen LogP) is 0.965. The van der Waals surface area contributed by atoms with E-state index in [0.717, 1.165) is 5.76 Å². The minimum absolute atomic E-state index is 0.0612. The lowest BCUT2D eigenvalue weighted by Gasteiger charge is -2.34. The topological polar surface area (TPSA) is 36.9 Å². The molecule has 0 N–H and O–H groups in total. The van der Waals surface area contributed by atoms with Crippen LogP contribution in [0.1, 0.15) is 6.92 Å². The van der Waals surface area contributed by atoms with Crippen LogP contribution >= 0.6 is 0 Å². The molecule has 1 aliphatic heterocycles. The van der Waals surface area contributed by atoms with Crippen LogP contribution < -0.4 is 0 Å². The van der Waals surface area contributed by atoms with E-state index in [1.54, 1.807) is 21.3 Å². The highest BCUT2D eigenvalue weighted by Crippen LogP contribution is 2.22. The maximum Gasteiger partial charge on any atom is 0.150 e. The summed E-state index contributed by atoms with van der Waals surface area (Å²) < 4.78 is 21.3. The van der Waals surface area contributed by atoms with E-state index in [0.29, 0.717) is 6.61 Å². The van der Waals surface area contributed by atoms with Crippen LogP contribution in [0.4, 0.5) is 0 Å². The Labute approximate surface area is 84.8 Å². The zero-order valence-corrected chi connectivity index (χ0v) is 9.15. The maximum atomic E-state index is 5.59. The summed E-state index contributed by atoms with van der Waals surface area (Å²) in [4.78, 5) is 0. The molecule has 0 unspecified atom stereocenters. The number of methoxy groups -OCH3 is 3. The summed E-state index contributed by atoms with van der Waals surface area (Å²) in [5, 5.41) is 0. The van der Waals surface area contributed by atoms with E-state index in [4.69, 9.17) is 18.9 Å². The van der Waals surface area contributed by atoms with E-state index in [1.165, 1.54) is 0 Å². The molecule has 0 saturated carbocycles. The molecule has 0 spiro atoms. The molecule has 1 aliphatic rings. The van der Waals surface area contributed by atoms with Crippen molar-refractivity contribution in [1.82, 2.24) is 0 Å². The van der Waals surface area contributed by atoms with Crippen LogP contribution in [0.2, 0.25) is 0 Å². The van der Waals surface area contributed by atoms with Crippen molar-refractivity contribution in [2.75, 3.05) is 27.9 Å². The van der Waals surface area contributed by atoms with E-state index in [2.05, 4.69) is 0 Å². The molecule has 3 atom stereocenters. The van der Waals surface area contributed by atoms with Gasteiger partial charge in [-0.15, -0.1) is 0 Å². The Morgan fingerprint density at radius 3 is 2.50 bits per heavy atom. The third kappa shape index (κ3) is 2.47. The minimum Gasteiger partial charge on any atom is -0.490 e. The Hall–Kier alpha value is -0.580. The first-order chi connectivity index (χ1) is 6.72. The van der Waals surface area contributed by atoms with Crippen molar-refractivity contribution >= 4 is 0 Å². The molecule has 0 aromatic heterocycles. The molecule has 14 heavy (non-hydrogen) atoms. The van der Waals surface area contributed by atoms with Gasteiger partial charge in [0.15, 0.2) is 6.10 Å². The molecule has 0 aromatic rings. The molecule has 1 heterocycles. The van der Waals surface area contributed by atoms with Gasteiger partial charge in [0, 0.05) is 21.3 Å². The van der Waals surface area contributed by atoms with Crippen molar-refractivity contribution < 1.29 is 18.9 Å². The summed E-state index contributed by atoms with van der Waals surface area (Å²) in [5.41, 5.74) is 0. The second kappa shape index (κ2) is 5.34. The summed E-state index contributed by atoms with van der Waals surface area (Å²) in [6.45, 7) is 2.41. The van der Waals surface area contributed by atoms with Gasteiger partial charge in [-0.3, -0.25) is 0 Å². The van der Waals surface area contributed by atoms with Gasteiger partial charge < -0.3 is 18.9 Å². The van der Waals surface area contributed by atoms with E-state index in [1.807, 2.05) is 13.0 Å². The molecule has 0 fully saturated rings. The quantitative estimate of drug-likeness (QED) is 0.680. The lowest BCUT2D eigenvalue weighted by atomic mass is 10.0. The Kier molecular flexibility index (Phi) is 4.38. The molecule has 0 aromatic carbocycles. The second-order valence-corrected chi connectivity index (χ2v) is 3.29. The van der Waals surface area contributed by atoms with Crippen molar-refractivity contribution in [3.05, 3.63) is 11.8 Å². The van der Waals surface area contributed by atoms with Crippen LogP contribution in [0.15, 0.2) is 11.8 Å². The van der Waals surface area contributed by atoms with Crippen molar-refractivity contribution in [3.8, 4) is 0 Å². The van der Waals surface area contributed by atoms with Gasteiger partial charge in [-0.2, -0.15) is 0 Å². The zero-order valence-electron chi connectivity index (χ0n) is 9.15. The van der Waals surface area contributed by atoms with Gasteiger partial charge in [-0.25, -0.2) is 0 Å². The Morgan fingerprint density at radius 2 is 2.00 bits per heavy atom. The summed E-state index contributed by atoms with van der Waals surface area (Å²) >= 11 is 0. The number of hydrogen-bond acceptors (Lipinski definition) is 4. The Morgan fingerprint density at radius 1 is 1.29 bits per heavy atom. The molecule has 82 valence electrons. The van der Waals surface area contributed by atoms with E-state index >= 15 is 0 Å². The Balaban J connectivity index is 2.72. The van der Waals surface area contributed by atoms with Gasteiger partial charge >= 0.3 is 0 Å². The monoisotopic (exact) mass is 202 g/mol. The summed E-state index contributed by atoms with van der Waals surface area (Å²) in [6, 6.07) is 0. The number of rotatable bonds is 4. The minimum atomic E-state index is -0.108. The van der Waals surface area contributed by atoms with Gasteiger partial charge in [0.2, 0.25) is 0 Å². The fraction of sp³-hybridized carbons (Fsp3) is 0.800. The summed E-state index contributed by atoms with van der Waals surface area (Å²) in [5.74, 6) is 0.854. The smallest absolute Gasteiger partial charge is 0.150 e. The average Bonchev–Trinajstić information content (AvgIpc) is 2.17. The second-order valence-electron chi connectivity index (χ2n) is 3.29. The molecule has 4 nitrogen and oxygen atoms in total. The largest absolute Gasteiger partial charge is 0.490 e. The molecule has 4 heteroatoms. The predicted molar refractivity (Wildman–Crippen MR) is 52.1 cm³/mol. The van der Waals surface area contributed by atoms with Gasteiger partial charge in [-0.1, -0.05) is 0 Å². The van der Waals surface area contributed by atoms with Crippen molar-refractivity contribution in [1.29, 1.82) is 0 Å². The highest BCUT2D eigenvalue weighted by molar-refractivity contribution is 5.05. The third-order valence-corrected chi connectivity index (χ3v) is 2.30. The number of ether oxygens (including phenoxy) is 4. The maximum absolute atomic E-state index is 5.59. The lowest BCUT2D eigenvalue weighted by Crippen LogP contribution is -2.45. The van der Waals surface area contributed by atoms with E-state index in [-0.39, 0.29) is 18.3 Å². The fourth-order valence-corrected chi connectivity index (χ4v) is 1.66. The van der Waals surface area contributed by atoms with Crippen molar-refractivity contribution in [2.24, 2.45) is 0 Å². The molecule has 1 rings (SSSR count). The molecule has 0 amide bonds. The lowest BCUT2D eigenvalue weighted by molar-refractivity contribution is -0.121. The first-order valence-corrected chi connectivity index (χ1v) is 4.62. The van der Waals surface area contributed by atoms with Gasteiger partial charge in [-0.05, 0) is 13.0 Å². The Bertz CT molecular complexity index is 202. The number of allylic oxidation sites excluding steroid dienone is 1. The molecule has 0 bridgehead atoms. The fourth-order valence-electron chi connectivity index (χ4n) is 1.66. The third-order valence-electron chi connectivity index (χ3n) is 2.30. The van der Waals surface area contributed by atoms with Crippen LogP contribution in [-0.4, -0.2) is 46.2 Å². The number of hydrogen-bond donors (Lipinski definition) is 0. The zero-order chi connectivity index (χ0) is 10.6. The van der Waals surface area contributed by atoms with Crippen LogP contribution in [-0.2, 0) is 18.9 Å². The molecule has 0 radical (unpaired) electrons. The van der Waals surface area contributed by atoms with E-state index < -0.39 is 0 Å². The first kappa shape index (κ1) is 11.5. The van der Waals surface area contributed by atoms with Gasteiger partial charge in [0.25, 0.3) is 0 Å². The molecular formula is C10H18O4. The molecule has 0 aliphatic carbocycles. The highest BCUT2D eigenvalue weighted by Gasteiger charge is 2.34. The van der Waals surface area contributed by atoms with Gasteiger partial charge in [0.05, 0.1) is 12.4 Å². The van der Waals surface area contributed by atoms with Gasteiger partial charge in [0.1, 0.15) is 12.2 Å². The van der Waals surface area contributed by atoms with Crippen molar-refractivity contribution in [3.63, 3.8) is 0 Å². The summed E-state index contributed by atoms with van der Waals surface area (Å²) in [6.07, 6.45) is 1.65. The standard InChI is InChI=1S/C10H18O4/c1-7-5-8(12-3)10(13-4)9(14-7)6-11-2/h5,8-10H,6H2,1-4H3/t8-,9-,10+/m1/s1. The van der Waals surface area contributed by atoms with Crippen molar-refractivity contribution in [2.45, 2.75) is 25.2 Å². The van der Waals surface area contributed by atoms with E-state index in [9.17, 15) is 0 Å². The summed E-state index contributed by atoms with van der Waals surface area (Å²) in [7, 11) is 4.96. The van der Waals surface area contributed by atoms with Crippen LogP contribution in [0.3, 0.4) is 0 Å².